The fourth-order valence-corrected chi connectivity index (χ4v) is 3.03. The van der Waals surface area contributed by atoms with Crippen LogP contribution in [-0.4, -0.2) is 31.3 Å². The standard InChI is InChI=1S/C17H20N2O5S2.Na/c1-3-23-14-8-5-12(6-9-14)18-17(25)19-13-7-10-15(24-4-2)16(11-13)26(20,21)22;/h5-11H,3-4H2,1-2H3,(H2,18,19,25)(H,20,21,22);/q;+1/p-1. The molecule has 0 heterocycles. The van der Waals surface area contributed by atoms with Gasteiger partial charge in [-0.3, -0.25) is 0 Å². The molecule has 0 saturated carbocycles. The molecule has 2 aromatic rings. The van der Waals surface area contributed by atoms with Gasteiger partial charge in [0.25, 0.3) is 0 Å². The minimum absolute atomic E-state index is 0. The Labute approximate surface area is 186 Å². The molecule has 7 nitrogen and oxygen atoms in total. The van der Waals surface area contributed by atoms with Crippen molar-refractivity contribution in [1.29, 1.82) is 0 Å². The Kier molecular flexibility index (Phi) is 9.51. The number of anilines is 2. The van der Waals surface area contributed by atoms with Crippen LogP contribution in [0.4, 0.5) is 11.4 Å². The molecule has 0 aliphatic heterocycles. The molecule has 0 radical (unpaired) electrons. The zero-order chi connectivity index (χ0) is 19.2. The monoisotopic (exact) mass is 418 g/mol. The van der Waals surface area contributed by atoms with Crippen molar-refractivity contribution in [2.45, 2.75) is 18.7 Å². The van der Waals surface area contributed by atoms with Crippen LogP contribution in [-0.2, 0) is 10.1 Å². The summed E-state index contributed by atoms with van der Waals surface area (Å²) in [6.07, 6.45) is 0. The number of nitrogens with one attached hydrogen (secondary N) is 2. The first kappa shape index (κ1) is 23.7. The molecular formula is C17H19N2NaO5S2. The van der Waals surface area contributed by atoms with Gasteiger partial charge in [-0.2, -0.15) is 0 Å². The third kappa shape index (κ3) is 7.28. The largest absolute Gasteiger partial charge is 1.00 e. The summed E-state index contributed by atoms with van der Waals surface area (Å²) in [7, 11) is -4.68. The van der Waals surface area contributed by atoms with Crippen LogP contribution in [0.3, 0.4) is 0 Å². The summed E-state index contributed by atoms with van der Waals surface area (Å²) in [4.78, 5) is -0.437. The molecule has 140 valence electrons. The minimum atomic E-state index is -4.68. The maximum Gasteiger partial charge on any atom is 1.00 e. The molecule has 10 heteroatoms. The molecule has 0 unspecified atom stereocenters. The van der Waals surface area contributed by atoms with E-state index in [-0.39, 0.29) is 47.0 Å². The van der Waals surface area contributed by atoms with E-state index in [4.69, 9.17) is 21.7 Å². The van der Waals surface area contributed by atoms with Gasteiger partial charge < -0.3 is 24.7 Å². The van der Waals surface area contributed by atoms with E-state index in [1.54, 1.807) is 37.3 Å². The second kappa shape index (κ2) is 10.8. The molecule has 0 amide bonds. The van der Waals surface area contributed by atoms with Crippen LogP contribution in [0.1, 0.15) is 13.8 Å². The normalized spacial score (nSPS) is 10.5. The summed E-state index contributed by atoms with van der Waals surface area (Å²) < 4.78 is 44.8. The summed E-state index contributed by atoms with van der Waals surface area (Å²) in [5, 5.41) is 6.05. The van der Waals surface area contributed by atoms with E-state index in [0.717, 1.165) is 11.4 Å². The van der Waals surface area contributed by atoms with Gasteiger partial charge in [0, 0.05) is 11.4 Å². The summed E-state index contributed by atoms with van der Waals surface area (Å²) in [6, 6.07) is 11.4. The van der Waals surface area contributed by atoms with Gasteiger partial charge in [0.15, 0.2) is 5.11 Å². The molecule has 2 aromatic carbocycles. The molecule has 27 heavy (non-hydrogen) atoms. The van der Waals surface area contributed by atoms with E-state index in [2.05, 4.69) is 10.6 Å². The fourth-order valence-electron chi connectivity index (χ4n) is 2.15. The summed E-state index contributed by atoms with van der Waals surface area (Å²) >= 11 is 5.21. The Bertz CT molecular complexity index is 873. The third-order valence-corrected chi connectivity index (χ3v) is 4.26. The van der Waals surface area contributed by atoms with Gasteiger partial charge in [-0.05, 0) is 68.5 Å². The third-order valence-electron chi connectivity index (χ3n) is 3.19. The van der Waals surface area contributed by atoms with E-state index in [9.17, 15) is 13.0 Å². The first-order valence-corrected chi connectivity index (χ1v) is 9.68. The molecule has 0 aliphatic carbocycles. The number of ether oxygens (including phenoxy) is 2. The van der Waals surface area contributed by atoms with Gasteiger partial charge in [0.05, 0.1) is 18.1 Å². The quantitative estimate of drug-likeness (QED) is 0.374. The summed E-state index contributed by atoms with van der Waals surface area (Å²) in [6.45, 7) is 4.42. The predicted octanol–water partition coefficient (Wildman–Crippen LogP) is 0.201. The van der Waals surface area contributed by atoms with Crippen molar-refractivity contribution in [3.63, 3.8) is 0 Å². The molecule has 0 fully saturated rings. The SMILES string of the molecule is CCOc1ccc(NC(=S)Nc2ccc(OCC)c(S(=O)(=O)[O-])c2)cc1.[Na+]. The molecule has 0 atom stereocenters. The smallest absolute Gasteiger partial charge is 0.744 e. The van der Waals surface area contributed by atoms with Crippen LogP contribution in [0.25, 0.3) is 0 Å². The fraction of sp³-hybridized carbons (Fsp3) is 0.235. The van der Waals surface area contributed by atoms with Crippen LogP contribution in [0.15, 0.2) is 47.4 Å². The topological polar surface area (TPSA) is 99.7 Å². The summed E-state index contributed by atoms with van der Waals surface area (Å²) in [5.74, 6) is 0.757. The van der Waals surface area contributed by atoms with E-state index < -0.39 is 15.0 Å². The maximum absolute atomic E-state index is 11.4. The molecule has 0 spiro atoms. The van der Waals surface area contributed by atoms with Crippen molar-refractivity contribution in [1.82, 2.24) is 0 Å². The number of thiocarbonyl (C=S) groups is 1. The molecular weight excluding hydrogens is 399 g/mol. The Morgan fingerprint density at radius 2 is 1.56 bits per heavy atom. The van der Waals surface area contributed by atoms with Gasteiger partial charge in [-0.15, -0.1) is 0 Å². The molecule has 2 rings (SSSR count). The Morgan fingerprint density at radius 1 is 1.00 bits per heavy atom. The molecule has 0 aliphatic rings. The van der Waals surface area contributed by atoms with Crippen LogP contribution in [0.2, 0.25) is 0 Å². The van der Waals surface area contributed by atoms with Crippen molar-refractivity contribution in [2.75, 3.05) is 23.8 Å². The van der Waals surface area contributed by atoms with E-state index in [0.29, 0.717) is 12.3 Å². The van der Waals surface area contributed by atoms with E-state index >= 15 is 0 Å². The average Bonchev–Trinajstić information content (AvgIpc) is 2.57. The van der Waals surface area contributed by atoms with Crippen molar-refractivity contribution >= 4 is 38.8 Å². The number of hydrogen-bond donors (Lipinski definition) is 2. The predicted molar refractivity (Wildman–Crippen MR) is 103 cm³/mol. The van der Waals surface area contributed by atoms with Crippen LogP contribution < -0.4 is 49.7 Å². The number of rotatable bonds is 7. The van der Waals surface area contributed by atoms with Crippen LogP contribution >= 0.6 is 12.2 Å². The van der Waals surface area contributed by atoms with Gasteiger partial charge >= 0.3 is 29.6 Å². The molecule has 2 N–H and O–H groups in total. The molecule has 0 aromatic heterocycles. The maximum atomic E-state index is 11.4. The van der Waals surface area contributed by atoms with Crippen molar-refractivity contribution < 1.29 is 52.0 Å². The number of hydrogen-bond acceptors (Lipinski definition) is 6. The zero-order valence-electron chi connectivity index (χ0n) is 15.3. The molecule has 0 bridgehead atoms. The minimum Gasteiger partial charge on any atom is -0.744 e. The first-order valence-electron chi connectivity index (χ1n) is 7.87. The van der Waals surface area contributed by atoms with Crippen molar-refractivity contribution in [3.05, 3.63) is 42.5 Å². The van der Waals surface area contributed by atoms with E-state index in [1.165, 1.54) is 12.1 Å². The van der Waals surface area contributed by atoms with Gasteiger partial charge in [-0.1, -0.05) is 0 Å². The Balaban J connectivity index is 0.00000364. The van der Waals surface area contributed by atoms with Gasteiger partial charge in [0.1, 0.15) is 21.6 Å². The van der Waals surface area contributed by atoms with Crippen LogP contribution in [0, 0.1) is 0 Å². The Morgan fingerprint density at radius 3 is 2.11 bits per heavy atom. The second-order valence-corrected chi connectivity index (χ2v) is 6.84. The average molecular weight is 418 g/mol. The van der Waals surface area contributed by atoms with Crippen molar-refractivity contribution in [2.24, 2.45) is 0 Å². The zero-order valence-corrected chi connectivity index (χ0v) is 18.9. The van der Waals surface area contributed by atoms with Gasteiger partial charge in [0.2, 0.25) is 0 Å². The Hall–Kier alpha value is -1.36. The first-order chi connectivity index (χ1) is 12.3. The van der Waals surface area contributed by atoms with Gasteiger partial charge in [-0.25, -0.2) is 8.42 Å². The van der Waals surface area contributed by atoms with Crippen molar-refractivity contribution in [3.8, 4) is 11.5 Å². The van der Waals surface area contributed by atoms with Crippen LogP contribution in [0.5, 0.6) is 11.5 Å². The number of benzene rings is 2. The second-order valence-electron chi connectivity index (χ2n) is 5.09. The van der Waals surface area contributed by atoms with E-state index in [1.807, 2.05) is 6.92 Å². The summed E-state index contributed by atoms with van der Waals surface area (Å²) in [5.41, 5.74) is 1.08. The molecule has 0 saturated heterocycles.